The average Bonchev–Trinajstić information content (AvgIpc) is 3.13. The van der Waals surface area contributed by atoms with Gasteiger partial charge in [0, 0.05) is 54.3 Å². The summed E-state index contributed by atoms with van der Waals surface area (Å²) in [5, 5.41) is 4.23. The first-order valence-electron chi connectivity index (χ1n) is 12.4. The van der Waals surface area contributed by atoms with Crippen molar-refractivity contribution in [1.29, 1.82) is 0 Å². The number of likely N-dealkylation sites (tertiary alicyclic amines) is 1. The van der Waals surface area contributed by atoms with Gasteiger partial charge in [-0.2, -0.15) is 13.9 Å². The predicted molar refractivity (Wildman–Crippen MR) is 136 cm³/mol. The van der Waals surface area contributed by atoms with Gasteiger partial charge in [0.1, 0.15) is 0 Å². The number of alkyl halides is 2. The molecule has 1 aliphatic heterocycles. The molecule has 2 aliphatic rings. The van der Waals surface area contributed by atoms with E-state index >= 15 is 0 Å². The lowest BCUT2D eigenvalue weighted by atomic mass is 9.96. The third kappa shape index (κ3) is 4.07. The van der Waals surface area contributed by atoms with Gasteiger partial charge in [0.2, 0.25) is 11.7 Å². The number of carbonyl (C=O) groups excluding carboxylic acids is 2. The predicted octanol–water partition coefficient (Wildman–Crippen LogP) is 4.86. The second-order valence-electron chi connectivity index (χ2n) is 10.3. The smallest absolute Gasteiger partial charge is 0.332 e. The van der Waals surface area contributed by atoms with Gasteiger partial charge in [-0.15, -0.1) is 0 Å². The second kappa shape index (κ2) is 8.97. The largest absolute Gasteiger partial charge is 0.333 e. The Hall–Kier alpha value is -3.66. The minimum absolute atomic E-state index is 0.0346. The molecule has 3 aromatic heterocycles. The molecule has 6 rings (SSSR count). The van der Waals surface area contributed by atoms with E-state index in [1.165, 1.54) is 19.3 Å². The molecule has 3 unspecified atom stereocenters. The first kappa shape index (κ1) is 24.7. The summed E-state index contributed by atoms with van der Waals surface area (Å²) in [5.74, 6) is 0.338. The maximum Gasteiger partial charge on any atom is 0.333 e. The lowest BCUT2D eigenvalue weighted by Crippen LogP contribution is -2.43. The molecule has 0 radical (unpaired) electrons. The number of ketones is 1. The van der Waals surface area contributed by atoms with Crippen LogP contribution in [0.2, 0.25) is 5.02 Å². The summed E-state index contributed by atoms with van der Waals surface area (Å²) in [6.07, 6.45) is 9.60. The number of fused-ring (bicyclic) bond motifs is 1. The summed E-state index contributed by atoms with van der Waals surface area (Å²) in [5.41, 5.74) is 3.51. The van der Waals surface area contributed by atoms with E-state index in [0.717, 1.165) is 22.4 Å². The van der Waals surface area contributed by atoms with Crippen molar-refractivity contribution in [1.82, 2.24) is 29.0 Å². The van der Waals surface area contributed by atoms with Gasteiger partial charge in [-0.3, -0.25) is 14.0 Å². The molecule has 11 heteroatoms. The molecule has 0 N–H and O–H groups in total. The molecule has 3 atom stereocenters. The van der Waals surface area contributed by atoms with Crippen LogP contribution in [0.15, 0.2) is 49.2 Å². The number of amides is 1. The standard InChI is InChI=1S/C27H25ClF2N6O2/c1-15-12-34-14-19(11-31-26(34)33-15)18-3-4-20(22(28)8-18)21-9-27(21)5-6-35(24(27)38)23(16(2)37)7-17-10-32-36(13-17)25(29)30/h3-4,8,10-14,21,23,25H,5-7,9H2,1-2H3. The van der Waals surface area contributed by atoms with Crippen LogP contribution in [0, 0.1) is 12.3 Å². The van der Waals surface area contributed by atoms with E-state index in [1.807, 2.05) is 41.9 Å². The van der Waals surface area contributed by atoms with Crippen LogP contribution in [0.3, 0.4) is 0 Å². The van der Waals surface area contributed by atoms with E-state index in [0.29, 0.717) is 40.4 Å². The summed E-state index contributed by atoms with van der Waals surface area (Å²) in [7, 11) is 0. The van der Waals surface area contributed by atoms with Gasteiger partial charge in [0.15, 0.2) is 5.78 Å². The maximum absolute atomic E-state index is 13.6. The van der Waals surface area contributed by atoms with Crippen molar-refractivity contribution in [2.75, 3.05) is 6.54 Å². The summed E-state index contributed by atoms with van der Waals surface area (Å²) in [6.45, 7) is 1.02. The zero-order valence-electron chi connectivity index (χ0n) is 20.8. The average molecular weight is 539 g/mol. The van der Waals surface area contributed by atoms with E-state index in [1.54, 1.807) is 11.1 Å². The molecule has 8 nitrogen and oxygen atoms in total. The summed E-state index contributed by atoms with van der Waals surface area (Å²) in [6, 6.07) is 5.13. The van der Waals surface area contributed by atoms with Crippen LogP contribution in [0.1, 0.15) is 49.1 Å². The SMILES string of the molecule is CC(=O)C(Cc1cnn(C(F)F)c1)N1CCC2(CC2c2ccc(-c3cnc4nc(C)cn4c3)cc2Cl)C1=O. The number of benzene rings is 1. The number of carbonyl (C=O) groups is 2. The molecule has 196 valence electrons. The Balaban J connectivity index is 1.20. The molecule has 4 heterocycles. The quantitative estimate of drug-likeness (QED) is 0.335. The lowest BCUT2D eigenvalue weighted by molar-refractivity contribution is -0.138. The zero-order valence-corrected chi connectivity index (χ0v) is 21.6. The fourth-order valence-electron chi connectivity index (χ4n) is 5.77. The van der Waals surface area contributed by atoms with Crippen LogP contribution in [0.5, 0.6) is 0 Å². The zero-order chi connectivity index (χ0) is 26.8. The van der Waals surface area contributed by atoms with Crippen LogP contribution >= 0.6 is 11.6 Å². The molecule has 4 aromatic rings. The molecule has 38 heavy (non-hydrogen) atoms. The first-order chi connectivity index (χ1) is 18.2. The lowest BCUT2D eigenvalue weighted by Gasteiger charge is -2.26. The number of nitrogens with zero attached hydrogens (tertiary/aromatic N) is 6. The number of Topliss-reactive ketones (excluding diaryl/α,β-unsaturated/α-hetero) is 1. The molecule has 0 bridgehead atoms. The number of imidazole rings is 1. The topological polar surface area (TPSA) is 85.4 Å². The van der Waals surface area contributed by atoms with Crippen molar-refractivity contribution in [3.8, 4) is 11.1 Å². The van der Waals surface area contributed by atoms with Crippen molar-refractivity contribution in [3.05, 3.63) is 71.0 Å². The third-order valence-corrected chi connectivity index (χ3v) is 8.16. The number of aryl methyl sites for hydroxylation is 1. The highest BCUT2D eigenvalue weighted by molar-refractivity contribution is 6.31. The Bertz CT molecular complexity index is 1580. The molecule has 2 fully saturated rings. The molecule has 1 aliphatic carbocycles. The fraction of sp³-hybridized carbons (Fsp3) is 0.370. The van der Waals surface area contributed by atoms with Crippen molar-refractivity contribution in [2.45, 2.75) is 51.6 Å². The Morgan fingerprint density at radius 3 is 2.74 bits per heavy atom. The van der Waals surface area contributed by atoms with E-state index in [-0.39, 0.29) is 24.0 Å². The first-order valence-corrected chi connectivity index (χ1v) is 12.8. The van der Waals surface area contributed by atoms with Gasteiger partial charge in [0.25, 0.3) is 0 Å². The minimum Gasteiger partial charge on any atom is -0.332 e. The maximum atomic E-state index is 13.6. The Labute approximate surface area is 222 Å². The fourth-order valence-corrected chi connectivity index (χ4v) is 6.08. The Morgan fingerprint density at radius 2 is 2.03 bits per heavy atom. The second-order valence-corrected chi connectivity index (χ2v) is 10.7. The number of rotatable bonds is 7. The normalized spacial score (nSPS) is 21.7. The van der Waals surface area contributed by atoms with E-state index in [4.69, 9.17) is 11.6 Å². The van der Waals surface area contributed by atoms with E-state index in [9.17, 15) is 18.4 Å². The minimum atomic E-state index is -2.76. The number of hydrogen-bond donors (Lipinski definition) is 0. The Morgan fingerprint density at radius 1 is 1.21 bits per heavy atom. The highest BCUT2D eigenvalue weighted by Crippen LogP contribution is 2.66. The monoisotopic (exact) mass is 538 g/mol. The van der Waals surface area contributed by atoms with Crippen LogP contribution < -0.4 is 0 Å². The number of hydrogen-bond acceptors (Lipinski definition) is 5. The highest BCUT2D eigenvalue weighted by atomic mass is 35.5. The van der Waals surface area contributed by atoms with Crippen molar-refractivity contribution >= 4 is 29.1 Å². The number of halogens is 3. The van der Waals surface area contributed by atoms with Gasteiger partial charge < -0.3 is 4.90 Å². The summed E-state index contributed by atoms with van der Waals surface area (Å²) < 4.78 is 28.3. The molecule has 1 saturated carbocycles. The molecule has 1 spiro atoms. The van der Waals surface area contributed by atoms with E-state index in [2.05, 4.69) is 15.1 Å². The van der Waals surface area contributed by atoms with Crippen LogP contribution in [0.25, 0.3) is 16.9 Å². The summed E-state index contributed by atoms with van der Waals surface area (Å²) in [4.78, 5) is 36.5. The summed E-state index contributed by atoms with van der Waals surface area (Å²) >= 11 is 6.74. The highest BCUT2D eigenvalue weighted by Gasteiger charge is 2.65. The van der Waals surface area contributed by atoms with Crippen LogP contribution in [-0.4, -0.2) is 53.3 Å². The molecule has 1 saturated heterocycles. The number of aromatic nitrogens is 5. The molecular formula is C27H25ClF2N6O2. The Kier molecular flexibility index (Phi) is 5.82. The van der Waals surface area contributed by atoms with Crippen molar-refractivity contribution in [2.24, 2.45) is 5.41 Å². The van der Waals surface area contributed by atoms with Gasteiger partial charge in [-0.1, -0.05) is 23.7 Å². The van der Waals surface area contributed by atoms with Gasteiger partial charge in [0.05, 0.1) is 23.3 Å². The van der Waals surface area contributed by atoms with Crippen LogP contribution in [0.4, 0.5) is 8.78 Å². The van der Waals surface area contributed by atoms with Crippen LogP contribution in [-0.2, 0) is 16.0 Å². The van der Waals surface area contributed by atoms with Crippen molar-refractivity contribution in [3.63, 3.8) is 0 Å². The third-order valence-electron chi connectivity index (χ3n) is 7.83. The van der Waals surface area contributed by atoms with Gasteiger partial charge in [-0.25, -0.2) is 14.6 Å². The van der Waals surface area contributed by atoms with Gasteiger partial charge in [-0.05, 0) is 49.4 Å². The van der Waals surface area contributed by atoms with Gasteiger partial charge >= 0.3 is 6.55 Å². The molecule has 1 amide bonds. The van der Waals surface area contributed by atoms with E-state index < -0.39 is 18.0 Å². The molecular weight excluding hydrogens is 514 g/mol. The van der Waals surface area contributed by atoms with Crippen molar-refractivity contribution < 1.29 is 18.4 Å². The molecule has 1 aromatic carbocycles.